The second kappa shape index (κ2) is 9.65. The summed E-state index contributed by atoms with van der Waals surface area (Å²) in [6, 6.07) is 10.5. The van der Waals surface area contributed by atoms with Crippen LogP contribution in [-0.4, -0.2) is 33.2 Å². The van der Waals surface area contributed by atoms with Crippen LogP contribution >= 0.6 is 22.9 Å². The third kappa shape index (κ3) is 4.63. The average Bonchev–Trinajstić information content (AvgIpc) is 3.23. The first-order chi connectivity index (χ1) is 16.7. The van der Waals surface area contributed by atoms with Gasteiger partial charge in [-0.25, -0.2) is 4.79 Å². The van der Waals surface area contributed by atoms with Gasteiger partial charge in [-0.2, -0.15) is 9.78 Å². The van der Waals surface area contributed by atoms with Crippen molar-refractivity contribution in [3.8, 4) is 5.69 Å². The van der Waals surface area contributed by atoms with Crippen molar-refractivity contribution >= 4 is 56.3 Å². The maximum atomic E-state index is 13.5. The standard InChI is InChI=1S/C23H17ClN4O6S/c1-3-34-23(31)19-16-11-35-21(25-20(29)15-10-13(24)7-8-17(15)28(32)33)18(16)22(30)27(26-19)14-6-4-5-12(2)9-14/h4-11H,3H2,1-2H3,(H,25,29). The number of ether oxygens (including phenoxy) is 1. The highest BCUT2D eigenvalue weighted by Gasteiger charge is 2.26. The highest BCUT2D eigenvalue weighted by atomic mass is 35.5. The van der Waals surface area contributed by atoms with E-state index in [1.165, 1.54) is 17.5 Å². The van der Waals surface area contributed by atoms with Crippen LogP contribution in [0.5, 0.6) is 0 Å². The quantitative estimate of drug-likeness (QED) is 0.224. The first-order valence-corrected chi connectivity index (χ1v) is 11.5. The van der Waals surface area contributed by atoms with Gasteiger partial charge < -0.3 is 10.1 Å². The Morgan fingerprint density at radius 2 is 2.03 bits per heavy atom. The largest absolute Gasteiger partial charge is 0.461 e. The number of hydrogen-bond acceptors (Lipinski definition) is 8. The molecule has 0 saturated heterocycles. The Labute approximate surface area is 206 Å². The Bertz CT molecular complexity index is 1560. The summed E-state index contributed by atoms with van der Waals surface area (Å²) in [6.07, 6.45) is 0. The number of thiophene rings is 1. The minimum Gasteiger partial charge on any atom is -0.461 e. The van der Waals surface area contributed by atoms with Gasteiger partial charge in [0, 0.05) is 21.9 Å². The van der Waals surface area contributed by atoms with E-state index < -0.39 is 28.0 Å². The Morgan fingerprint density at radius 1 is 1.26 bits per heavy atom. The normalized spacial score (nSPS) is 10.8. The van der Waals surface area contributed by atoms with Gasteiger partial charge in [0.25, 0.3) is 17.2 Å². The number of amides is 1. The summed E-state index contributed by atoms with van der Waals surface area (Å²) in [4.78, 5) is 49.8. The Morgan fingerprint density at radius 3 is 2.71 bits per heavy atom. The number of aryl methyl sites for hydroxylation is 1. The molecule has 4 rings (SSSR count). The van der Waals surface area contributed by atoms with Crippen molar-refractivity contribution in [1.82, 2.24) is 9.78 Å². The summed E-state index contributed by atoms with van der Waals surface area (Å²) in [7, 11) is 0. The zero-order valence-electron chi connectivity index (χ0n) is 18.4. The van der Waals surface area contributed by atoms with E-state index in [0.717, 1.165) is 27.6 Å². The van der Waals surface area contributed by atoms with E-state index >= 15 is 0 Å². The molecule has 2 aromatic heterocycles. The van der Waals surface area contributed by atoms with Crippen molar-refractivity contribution < 1.29 is 19.2 Å². The molecule has 0 radical (unpaired) electrons. The maximum absolute atomic E-state index is 13.5. The number of carbonyl (C=O) groups excluding carboxylic acids is 2. The number of nitrogens with one attached hydrogen (secondary N) is 1. The molecule has 178 valence electrons. The highest BCUT2D eigenvalue weighted by molar-refractivity contribution is 7.16. The van der Waals surface area contributed by atoms with Gasteiger partial charge in [-0.05, 0) is 43.7 Å². The third-order valence-corrected chi connectivity index (χ3v) is 6.12. The number of halogens is 1. The van der Waals surface area contributed by atoms with Crippen molar-refractivity contribution in [3.63, 3.8) is 0 Å². The summed E-state index contributed by atoms with van der Waals surface area (Å²) in [5.74, 6) is -1.57. The molecule has 2 heterocycles. The van der Waals surface area contributed by atoms with Gasteiger partial charge in [0.15, 0.2) is 5.69 Å². The first kappa shape index (κ1) is 24.0. The summed E-state index contributed by atoms with van der Waals surface area (Å²) in [5, 5.41) is 20.1. The summed E-state index contributed by atoms with van der Waals surface area (Å²) in [6.45, 7) is 3.58. The number of anilines is 1. The predicted molar refractivity (Wildman–Crippen MR) is 132 cm³/mol. The van der Waals surface area contributed by atoms with E-state index in [9.17, 15) is 24.5 Å². The van der Waals surface area contributed by atoms with Crippen molar-refractivity contribution in [2.24, 2.45) is 0 Å². The molecule has 2 aromatic carbocycles. The van der Waals surface area contributed by atoms with E-state index in [0.29, 0.717) is 5.69 Å². The Hall–Kier alpha value is -4.09. The van der Waals surface area contributed by atoms with Crippen LogP contribution < -0.4 is 10.9 Å². The van der Waals surface area contributed by atoms with Crippen LogP contribution in [0, 0.1) is 17.0 Å². The molecule has 0 fully saturated rings. The van der Waals surface area contributed by atoms with Crippen LogP contribution in [0.4, 0.5) is 10.7 Å². The molecule has 0 aliphatic heterocycles. The number of nitrogens with zero attached hydrogens (tertiary/aromatic N) is 3. The van der Waals surface area contributed by atoms with Crippen LogP contribution in [0.1, 0.15) is 33.3 Å². The average molecular weight is 513 g/mol. The zero-order valence-corrected chi connectivity index (χ0v) is 20.0. The number of hydrogen-bond donors (Lipinski definition) is 1. The van der Waals surface area contributed by atoms with E-state index in [1.54, 1.807) is 25.1 Å². The van der Waals surface area contributed by atoms with Crippen molar-refractivity contribution in [2.75, 3.05) is 11.9 Å². The van der Waals surface area contributed by atoms with E-state index in [-0.39, 0.29) is 38.7 Å². The fraction of sp³-hybridized carbons (Fsp3) is 0.130. The molecule has 1 N–H and O–H groups in total. The number of esters is 1. The number of carbonyl (C=O) groups is 2. The lowest BCUT2D eigenvalue weighted by atomic mass is 10.1. The van der Waals surface area contributed by atoms with Crippen LogP contribution in [0.25, 0.3) is 16.5 Å². The monoisotopic (exact) mass is 512 g/mol. The van der Waals surface area contributed by atoms with E-state index in [4.69, 9.17) is 16.3 Å². The molecule has 0 spiro atoms. The lowest BCUT2D eigenvalue weighted by molar-refractivity contribution is -0.385. The molecule has 35 heavy (non-hydrogen) atoms. The van der Waals surface area contributed by atoms with Gasteiger partial charge in [-0.15, -0.1) is 11.3 Å². The molecule has 0 saturated carbocycles. The van der Waals surface area contributed by atoms with Crippen molar-refractivity contribution in [2.45, 2.75) is 13.8 Å². The van der Waals surface area contributed by atoms with Crippen molar-refractivity contribution in [1.29, 1.82) is 0 Å². The molecule has 1 amide bonds. The molecular formula is C23H17ClN4O6S. The van der Waals surface area contributed by atoms with Crippen LogP contribution in [0.3, 0.4) is 0 Å². The smallest absolute Gasteiger partial charge is 0.359 e. The molecule has 10 nitrogen and oxygen atoms in total. The fourth-order valence-corrected chi connectivity index (χ4v) is 4.55. The number of benzene rings is 2. The number of aromatic nitrogens is 2. The minimum atomic E-state index is -0.834. The van der Waals surface area contributed by atoms with Crippen molar-refractivity contribution in [3.05, 3.63) is 90.2 Å². The first-order valence-electron chi connectivity index (χ1n) is 10.2. The Balaban J connectivity index is 1.90. The number of rotatable bonds is 6. The Kier molecular flexibility index (Phi) is 6.63. The zero-order chi connectivity index (χ0) is 25.3. The number of fused-ring (bicyclic) bond motifs is 1. The minimum absolute atomic E-state index is 0.0209. The van der Waals surface area contributed by atoms with Crippen LogP contribution in [0.15, 0.2) is 52.6 Å². The topological polar surface area (TPSA) is 133 Å². The SMILES string of the molecule is CCOC(=O)c1nn(-c2cccc(C)c2)c(=O)c2c(NC(=O)c3cc(Cl)ccc3[N+](=O)[O-])scc12. The van der Waals surface area contributed by atoms with Gasteiger partial charge in [0.2, 0.25) is 0 Å². The molecule has 0 aliphatic carbocycles. The molecular weight excluding hydrogens is 496 g/mol. The van der Waals surface area contributed by atoms with Crippen LogP contribution in [-0.2, 0) is 4.74 Å². The molecule has 0 unspecified atom stereocenters. The number of nitro benzene ring substituents is 1. The fourth-order valence-electron chi connectivity index (χ4n) is 3.45. The second-order valence-corrected chi connectivity index (χ2v) is 8.67. The van der Waals surface area contributed by atoms with E-state index in [2.05, 4.69) is 10.4 Å². The molecule has 4 aromatic rings. The van der Waals surface area contributed by atoms with Gasteiger partial charge in [-0.3, -0.25) is 19.7 Å². The molecule has 12 heteroatoms. The van der Waals surface area contributed by atoms with E-state index in [1.807, 2.05) is 13.0 Å². The third-order valence-electron chi connectivity index (χ3n) is 4.99. The van der Waals surface area contributed by atoms with Crippen LogP contribution in [0.2, 0.25) is 5.02 Å². The molecule has 0 atom stereocenters. The second-order valence-electron chi connectivity index (χ2n) is 7.35. The summed E-state index contributed by atoms with van der Waals surface area (Å²) in [5.41, 5.74) is -0.136. The summed E-state index contributed by atoms with van der Waals surface area (Å²) >= 11 is 6.92. The molecule has 0 bridgehead atoms. The summed E-state index contributed by atoms with van der Waals surface area (Å²) < 4.78 is 6.18. The lowest BCUT2D eigenvalue weighted by Gasteiger charge is -2.10. The molecule has 0 aliphatic rings. The van der Waals surface area contributed by atoms with Gasteiger partial charge in [0.1, 0.15) is 10.6 Å². The van der Waals surface area contributed by atoms with Gasteiger partial charge in [0.05, 0.1) is 22.6 Å². The number of nitro groups is 1. The highest BCUT2D eigenvalue weighted by Crippen LogP contribution is 2.32. The van der Waals surface area contributed by atoms with Gasteiger partial charge in [-0.1, -0.05) is 23.7 Å². The maximum Gasteiger partial charge on any atom is 0.359 e. The predicted octanol–water partition coefficient (Wildman–Crippen LogP) is 4.75. The van der Waals surface area contributed by atoms with Gasteiger partial charge >= 0.3 is 5.97 Å². The lowest BCUT2D eigenvalue weighted by Crippen LogP contribution is -2.25.